The molecule has 2 aromatic heterocycles. The molecule has 1 amide bonds. The zero-order valence-electron chi connectivity index (χ0n) is 8.36. The van der Waals surface area contributed by atoms with Crippen molar-refractivity contribution >= 4 is 23.3 Å². The molecule has 0 atom stereocenters. The van der Waals surface area contributed by atoms with Gasteiger partial charge in [0.25, 0.3) is 5.91 Å². The van der Waals surface area contributed by atoms with Gasteiger partial charge in [-0.2, -0.15) is 5.10 Å². The second-order valence-corrected chi connectivity index (χ2v) is 3.49. The Labute approximate surface area is 96.1 Å². The van der Waals surface area contributed by atoms with Crippen LogP contribution in [0.2, 0.25) is 5.15 Å². The molecule has 0 saturated carbocycles. The minimum absolute atomic E-state index is 0.193. The van der Waals surface area contributed by atoms with Crippen molar-refractivity contribution in [1.82, 2.24) is 20.2 Å². The number of carbonyl (C=O) groups excluding carboxylic acids is 1. The third-order valence-electron chi connectivity index (χ3n) is 1.92. The lowest BCUT2D eigenvalue weighted by atomic mass is 10.3. The molecular weight excluding hydrogens is 230 g/mol. The molecule has 0 spiro atoms. The number of halogens is 1. The molecule has 0 aliphatic carbocycles. The van der Waals surface area contributed by atoms with Crippen molar-refractivity contribution in [2.24, 2.45) is 0 Å². The van der Waals surface area contributed by atoms with Crippen molar-refractivity contribution in [1.29, 1.82) is 0 Å². The van der Waals surface area contributed by atoms with Crippen LogP contribution in [0.3, 0.4) is 0 Å². The summed E-state index contributed by atoms with van der Waals surface area (Å²) < 4.78 is 0. The fourth-order valence-corrected chi connectivity index (χ4v) is 1.18. The van der Waals surface area contributed by atoms with Crippen LogP contribution >= 0.6 is 11.6 Å². The Morgan fingerprint density at radius 3 is 2.75 bits per heavy atom. The third-order valence-corrected chi connectivity index (χ3v) is 2.12. The Morgan fingerprint density at radius 2 is 2.19 bits per heavy atom. The van der Waals surface area contributed by atoms with Crippen molar-refractivity contribution in [3.8, 4) is 0 Å². The van der Waals surface area contributed by atoms with E-state index >= 15 is 0 Å². The number of aromatic amines is 1. The molecule has 2 rings (SSSR count). The van der Waals surface area contributed by atoms with Crippen molar-refractivity contribution in [2.45, 2.75) is 6.92 Å². The largest absolute Gasteiger partial charge is 0.305 e. The van der Waals surface area contributed by atoms with Gasteiger partial charge in [0, 0.05) is 5.56 Å². The second-order valence-electron chi connectivity index (χ2n) is 3.11. The number of nitrogens with zero attached hydrogens (tertiary/aromatic N) is 3. The zero-order chi connectivity index (χ0) is 11.5. The maximum Gasteiger partial charge on any atom is 0.277 e. The Bertz CT molecular complexity index is 507. The SMILES string of the molecule is Cc1cn[nH]c1NC(=O)c1cnc(Cl)cn1. The number of anilines is 1. The van der Waals surface area contributed by atoms with E-state index in [1.807, 2.05) is 6.92 Å². The molecule has 0 unspecified atom stereocenters. The Hall–Kier alpha value is -1.95. The summed E-state index contributed by atoms with van der Waals surface area (Å²) in [6.07, 6.45) is 4.24. The highest BCUT2D eigenvalue weighted by Gasteiger charge is 2.10. The van der Waals surface area contributed by atoms with Gasteiger partial charge >= 0.3 is 0 Å². The molecule has 0 fully saturated rings. The van der Waals surface area contributed by atoms with Gasteiger partial charge in [-0.25, -0.2) is 9.97 Å². The average molecular weight is 238 g/mol. The first-order chi connectivity index (χ1) is 7.66. The van der Waals surface area contributed by atoms with Crippen molar-refractivity contribution in [3.05, 3.63) is 35.0 Å². The van der Waals surface area contributed by atoms with E-state index in [2.05, 4.69) is 25.5 Å². The fraction of sp³-hybridized carbons (Fsp3) is 0.111. The van der Waals surface area contributed by atoms with E-state index in [9.17, 15) is 4.79 Å². The summed E-state index contributed by atoms with van der Waals surface area (Å²) in [6, 6.07) is 0. The lowest BCUT2D eigenvalue weighted by Gasteiger charge is -2.02. The molecule has 0 aliphatic heterocycles. The number of hydrogen-bond donors (Lipinski definition) is 2. The van der Waals surface area contributed by atoms with Gasteiger partial charge in [-0.1, -0.05) is 11.6 Å². The number of carbonyl (C=O) groups is 1. The van der Waals surface area contributed by atoms with E-state index in [0.717, 1.165) is 5.56 Å². The topological polar surface area (TPSA) is 83.6 Å². The third kappa shape index (κ3) is 2.17. The molecule has 82 valence electrons. The van der Waals surface area contributed by atoms with Crippen LogP contribution in [0.1, 0.15) is 16.1 Å². The quantitative estimate of drug-likeness (QED) is 0.827. The summed E-state index contributed by atoms with van der Waals surface area (Å²) in [6.45, 7) is 1.83. The number of rotatable bonds is 2. The van der Waals surface area contributed by atoms with E-state index in [-0.39, 0.29) is 16.8 Å². The van der Waals surface area contributed by atoms with E-state index < -0.39 is 0 Å². The van der Waals surface area contributed by atoms with E-state index in [4.69, 9.17) is 11.6 Å². The van der Waals surface area contributed by atoms with Crippen LogP contribution in [-0.4, -0.2) is 26.1 Å². The summed E-state index contributed by atoms with van der Waals surface area (Å²) >= 11 is 5.56. The van der Waals surface area contributed by atoms with Gasteiger partial charge in [-0.3, -0.25) is 9.89 Å². The molecule has 0 aromatic carbocycles. The average Bonchev–Trinajstić information content (AvgIpc) is 2.65. The zero-order valence-corrected chi connectivity index (χ0v) is 9.12. The van der Waals surface area contributed by atoms with Gasteiger partial charge in [-0.15, -0.1) is 0 Å². The van der Waals surface area contributed by atoms with Gasteiger partial charge in [0.1, 0.15) is 16.7 Å². The smallest absolute Gasteiger partial charge is 0.277 e. The van der Waals surface area contributed by atoms with Gasteiger partial charge in [-0.05, 0) is 6.92 Å². The minimum atomic E-state index is -0.364. The molecular formula is C9H8ClN5O. The van der Waals surface area contributed by atoms with Crippen LogP contribution < -0.4 is 5.32 Å². The van der Waals surface area contributed by atoms with E-state index in [0.29, 0.717) is 5.82 Å². The molecule has 0 aliphatic rings. The van der Waals surface area contributed by atoms with Crippen molar-refractivity contribution in [2.75, 3.05) is 5.32 Å². The molecule has 16 heavy (non-hydrogen) atoms. The Balaban J connectivity index is 2.15. The number of aromatic nitrogens is 4. The number of amides is 1. The molecule has 0 saturated heterocycles. The Morgan fingerprint density at radius 1 is 1.38 bits per heavy atom. The summed E-state index contributed by atoms with van der Waals surface area (Å²) in [4.78, 5) is 19.3. The van der Waals surface area contributed by atoms with Crippen LogP contribution in [0, 0.1) is 6.92 Å². The van der Waals surface area contributed by atoms with Crippen LogP contribution in [0.15, 0.2) is 18.6 Å². The molecule has 0 bridgehead atoms. The fourth-order valence-electron chi connectivity index (χ4n) is 1.08. The molecule has 0 radical (unpaired) electrons. The minimum Gasteiger partial charge on any atom is -0.305 e. The monoisotopic (exact) mass is 237 g/mol. The lowest BCUT2D eigenvalue weighted by Crippen LogP contribution is -2.14. The predicted molar refractivity (Wildman–Crippen MR) is 58.3 cm³/mol. The predicted octanol–water partition coefficient (Wildman–Crippen LogP) is 1.41. The molecule has 7 heteroatoms. The summed E-state index contributed by atoms with van der Waals surface area (Å²) in [5.74, 6) is 0.179. The van der Waals surface area contributed by atoms with Crippen molar-refractivity contribution in [3.63, 3.8) is 0 Å². The van der Waals surface area contributed by atoms with Crippen LogP contribution in [0.25, 0.3) is 0 Å². The normalized spacial score (nSPS) is 10.1. The van der Waals surface area contributed by atoms with Crippen LogP contribution in [0.4, 0.5) is 5.82 Å². The first-order valence-corrected chi connectivity index (χ1v) is 4.83. The number of H-pyrrole nitrogens is 1. The summed E-state index contributed by atoms with van der Waals surface area (Å²) in [5.41, 5.74) is 1.04. The lowest BCUT2D eigenvalue weighted by molar-refractivity contribution is 0.102. The van der Waals surface area contributed by atoms with Crippen LogP contribution in [0.5, 0.6) is 0 Å². The maximum absolute atomic E-state index is 11.7. The van der Waals surface area contributed by atoms with Gasteiger partial charge in [0.15, 0.2) is 0 Å². The van der Waals surface area contributed by atoms with Gasteiger partial charge in [0.05, 0.1) is 18.6 Å². The highest BCUT2D eigenvalue weighted by Crippen LogP contribution is 2.10. The second kappa shape index (κ2) is 4.28. The Kier molecular flexibility index (Phi) is 2.82. The molecule has 2 N–H and O–H groups in total. The van der Waals surface area contributed by atoms with Crippen molar-refractivity contribution < 1.29 is 4.79 Å². The number of nitrogens with one attached hydrogen (secondary N) is 2. The first kappa shape index (κ1) is 10.6. The summed E-state index contributed by atoms with van der Waals surface area (Å²) in [5, 5.41) is 9.32. The standard InChI is InChI=1S/C9H8ClN5O/c1-5-2-13-15-8(5)14-9(16)6-3-12-7(10)4-11-6/h2-4H,1H3,(H2,13,14,15,16). The van der Waals surface area contributed by atoms with E-state index in [1.54, 1.807) is 6.20 Å². The van der Waals surface area contributed by atoms with Gasteiger partial charge < -0.3 is 5.32 Å². The molecule has 2 heterocycles. The first-order valence-electron chi connectivity index (χ1n) is 4.45. The number of aryl methyl sites for hydroxylation is 1. The highest BCUT2D eigenvalue weighted by atomic mass is 35.5. The molecule has 2 aromatic rings. The van der Waals surface area contributed by atoms with E-state index in [1.165, 1.54) is 12.4 Å². The molecule has 6 nitrogen and oxygen atoms in total. The highest BCUT2D eigenvalue weighted by molar-refractivity contribution is 6.29. The van der Waals surface area contributed by atoms with Gasteiger partial charge in [0.2, 0.25) is 0 Å². The number of hydrogen-bond acceptors (Lipinski definition) is 4. The van der Waals surface area contributed by atoms with Crippen LogP contribution in [-0.2, 0) is 0 Å². The summed E-state index contributed by atoms with van der Waals surface area (Å²) in [7, 11) is 0. The maximum atomic E-state index is 11.7.